The molecule has 0 saturated carbocycles. The van der Waals surface area contributed by atoms with Gasteiger partial charge in [-0.05, 0) is 0 Å². The molecule has 0 fully saturated rings. The molecule has 1 aliphatic carbocycles. The highest BCUT2D eigenvalue weighted by molar-refractivity contribution is 7.74. The zero-order valence-corrected chi connectivity index (χ0v) is 10.5. The van der Waals surface area contributed by atoms with Crippen molar-refractivity contribution >= 4 is 22.9 Å². The fraction of sp³-hybridized carbons (Fsp3) is 0.250. The molecule has 0 spiro atoms. The summed E-state index contributed by atoms with van der Waals surface area (Å²) < 4.78 is 29.6. The predicted molar refractivity (Wildman–Crippen MR) is 65.1 cm³/mol. The van der Waals surface area contributed by atoms with Crippen LogP contribution >= 0.6 is 0 Å². The van der Waals surface area contributed by atoms with Crippen molar-refractivity contribution in [2.45, 2.75) is 12.2 Å². The lowest BCUT2D eigenvalue weighted by atomic mass is 9.84. The summed E-state index contributed by atoms with van der Waals surface area (Å²) in [6.45, 7) is 0.288. The predicted octanol–water partition coefficient (Wildman–Crippen LogP) is 0.856. The highest BCUT2D eigenvalue weighted by atomic mass is 32.2. The van der Waals surface area contributed by atoms with Gasteiger partial charge in [-0.1, -0.05) is 24.3 Å². The molecule has 1 aromatic carbocycles. The molecule has 3 rings (SSSR count). The lowest BCUT2D eigenvalue weighted by molar-refractivity contribution is -0.0696. The average molecular weight is 282 g/mol. The summed E-state index contributed by atoms with van der Waals surface area (Å²) in [7, 11) is 0. The van der Waals surface area contributed by atoms with Gasteiger partial charge in [-0.25, -0.2) is 4.18 Å². The van der Waals surface area contributed by atoms with E-state index in [1.54, 1.807) is 18.2 Å². The molecule has 1 heterocycles. The maximum atomic E-state index is 12.3. The molecule has 0 saturated heterocycles. The summed E-state index contributed by atoms with van der Waals surface area (Å²) in [5, 5.41) is 10.4. The number of ketones is 1. The quantitative estimate of drug-likeness (QED) is 0.617. The lowest BCUT2D eigenvalue weighted by Crippen LogP contribution is -2.46. The van der Waals surface area contributed by atoms with Crippen molar-refractivity contribution in [1.82, 2.24) is 0 Å². The smallest absolute Gasteiger partial charge is 0.305 e. The molecule has 19 heavy (non-hydrogen) atoms. The van der Waals surface area contributed by atoms with E-state index >= 15 is 0 Å². The molecular weight excluding hydrogens is 272 g/mol. The third-order valence-corrected chi connectivity index (χ3v) is 3.58. The van der Waals surface area contributed by atoms with E-state index in [2.05, 4.69) is 4.18 Å². The van der Waals surface area contributed by atoms with E-state index in [9.17, 15) is 14.1 Å². The van der Waals surface area contributed by atoms with E-state index < -0.39 is 22.9 Å². The van der Waals surface area contributed by atoms with Crippen LogP contribution in [0.1, 0.15) is 22.3 Å². The Balaban J connectivity index is 2.22. The lowest BCUT2D eigenvalue weighted by Gasteiger charge is -2.30. The molecule has 0 aromatic heterocycles. The number of fused-ring (bicyclic) bond motifs is 2. The van der Waals surface area contributed by atoms with Crippen molar-refractivity contribution in [3.63, 3.8) is 0 Å². The van der Waals surface area contributed by atoms with Gasteiger partial charge in [0.05, 0.1) is 6.61 Å². The van der Waals surface area contributed by atoms with Crippen LogP contribution in [0.2, 0.25) is 0 Å². The Morgan fingerprint density at radius 3 is 2.68 bits per heavy atom. The second kappa shape index (κ2) is 4.24. The van der Waals surface area contributed by atoms with Crippen molar-refractivity contribution in [2.75, 3.05) is 6.61 Å². The molecular formula is C12H10O6S. The maximum absolute atomic E-state index is 12.3. The van der Waals surface area contributed by atoms with Crippen LogP contribution in [0, 0.1) is 0 Å². The van der Waals surface area contributed by atoms with Crippen molar-refractivity contribution < 1.29 is 27.6 Å². The number of carbonyl (C=O) groups is 1. The molecule has 2 atom stereocenters. The summed E-state index contributed by atoms with van der Waals surface area (Å²) in [5.41, 5.74) is 0.965. The molecule has 0 amide bonds. The first kappa shape index (κ1) is 12.5. The van der Waals surface area contributed by atoms with Gasteiger partial charge in [-0.3, -0.25) is 9.35 Å². The van der Waals surface area contributed by atoms with Crippen LogP contribution in [0.5, 0.6) is 0 Å². The van der Waals surface area contributed by atoms with E-state index in [-0.39, 0.29) is 24.2 Å². The monoisotopic (exact) mass is 282 g/mol. The van der Waals surface area contributed by atoms with E-state index in [4.69, 9.17) is 9.29 Å². The van der Waals surface area contributed by atoms with Crippen molar-refractivity contribution in [3.8, 4) is 0 Å². The zero-order valence-electron chi connectivity index (χ0n) is 9.66. The first-order valence-electron chi connectivity index (χ1n) is 5.57. The number of hydrogen-bond acceptors (Lipinski definition) is 5. The topological polar surface area (TPSA) is 93.1 Å². The second-order valence-corrected chi connectivity index (χ2v) is 4.83. The van der Waals surface area contributed by atoms with Gasteiger partial charge >= 0.3 is 11.4 Å². The minimum absolute atomic E-state index is 0.193. The summed E-state index contributed by atoms with van der Waals surface area (Å²) >= 11 is -2.77. The Morgan fingerprint density at radius 2 is 2.00 bits per heavy atom. The minimum atomic E-state index is -2.77. The van der Waals surface area contributed by atoms with Crippen LogP contribution in [-0.2, 0) is 20.3 Å². The zero-order chi connectivity index (χ0) is 13.6. The van der Waals surface area contributed by atoms with E-state index in [1.165, 1.54) is 6.07 Å². The van der Waals surface area contributed by atoms with Crippen molar-refractivity contribution in [2.24, 2.45) is 0 Å². The number of aliphatic hydroxyl groups is 1. The normalized spacial score (nSPS) is 26.7. The Morgan fingerprint density at radius 1 is 1.32 bits per heavy atom. The van der Waals surface area contributed by atoms with Gasteiger partial charge in [0.1, 0.15) is 5.76 Å². The van der Waals surface area contributed by atoms with Crippen LogP contribution in [0.25, 0.3) is 5.76 Å². The molecule has 2 aliphatic rings. The fourth-order valence-electron chi connectivity index (χ4n) is 2.41. The van der Waals surface area contributed by atoms with E-state index in [0.29, 0.717) is 11.3 Å². The average Bonchev–Trinajstić information content (AvgIpc) is 2.86. The van der Waals surface area contributed by atoms with Crippen LogP contribution in [0.4, 0.5) is 0 Å². The van der Waals surface area contributed by atoms with Gasteiger partial charge in [0.25, 0.3) is 5.79 Å². The number of carbonyl (C=O) groups excluding carboxylic acids is 1. The molecule has 7 heteroatoms. The van der Waals surface area contributed by atoms with Gasteiger partial charge in [-0.15, -0.1) is 0 Å². The summed E-state index contributed by atoms with van der Waals surface area (Å²) in [4.78, 5) is 12.3. The van der Waals surface area contributed by atoms with E-state index in [1.807, 2.05) is 0 Å². The molecule has 0 bridgehead atoms. The first-order chi connectivity index (χ1) is 9.04. The van der Waals surface area contributed by atoms with Gasteiger partial charge in [0, 0.05) is 23.1 Å². The summed E-state index contributed by atoms with van der Waals surface area (Å²) in [6, 6.07) is 6.59. The number of benzene rings is 1. The van der Waals surface area contributed by atoms with Crippen molar-refractivity contribution in [3.05, 3.63) is 41.0 Å². The van der Waals surface area contributed by atoms with Gasteiger partial charge in [0.2, 0.25) is 5.78 Å². The fourth-order valence-corrected chi connectivity index (χ4v) is 2.79. The molecule has 1 aromatic rings. The van der Waals surface area contributed by atoms with Crippen LogP contribution in [-0.4, -0.2) is 32.0 Å². The molecule has 0 radical (unpaired) electrons. The molecule has 1 aliphatic heterocycles. The number of ether oxygens (including phenoxy) is 1. The van der Waals surface area contributed by atoms with Crippen LogP contribution < -0.4 is 0 Å². The first-order valence-corrected chi connectivity index (χ1v) is 6.60. The second-order valence-electron chi connectivity index (χ2n) is 4.23. The van der Waals surface area contributed by atoms with Gasteiger partial charge in [0.15, 0.2) is 0 Å². The van der Waals surface area contributed by atoms with Crippen LogP contribution in [0.15, 0.2) is 29.8 Å². The molecule has 100 valence electrons. The minimum Gasteiger partial charge on any atom is -0.492 e. The largest absolute Gasteiger partial charge is 0.492 e. The van der Waals surface area contributed by atoms with Gasteiger partial charge < -0.3 is 9.84 Å². The molecule has 6 nitrogen and oxygen atoms in total. The number of Topliss-reactive ketones (excluding diaryl/α,β-unsaturated/α-hetero) is 1. The van der Waals surface area contributed by atoms with E-state index in [0.717, 1.165) is 0 Å². The Hall–Kier alpha value is -1.54. The summed E-state index contributed by atoms with van der Waals surface area (Å²) in [6.07, 6.45) is 0.267. The summed E-state index contributed by atoms with van der Waals surface area (Å²) in [5.74, 6) is -2.84. The highest BCUT2D eigenvalue weighted by Crippen LogP contribution is 2.43. The number of rotatable bonds is 2. The Labute approximate surface area is 111 Å². The van der Waals surface area contributed by atoms with Crippen molar-refractivity contribution in [1.29, 1.82) is 0 Å². The standard InChI is InChI=1S/C12H10O6S/c13-11-8-4-2-1-3-7(8)10-9(5-6-17-10)12(11,14)18-19(15)16/h1-4,14H,5-6H2,(H,15,16). The third-order valence-electron chi connectivity index (χ3n) is 3.20. The maximum Gasteiger partial charge on any atom is 0.305 e. The SMILES string of the molecule is O=C1c2ccccc2C2=C(CCO2)C1(O)OS(=O)O. The van der Waals surface area contributed by atoms with Gasteiger partial charge in [-0.2, -0.15) is 4.21 Å². The molecule has 2 unspecified atom stereocenters. The number of hydrogen-bond donors (Lipinski definition) is 2. The molecule has 2 N–H and O–H groups in total. The Kier molecular flexibility index (Phi) is 2.79. The van der Waals surface area contributed by atoms with Crippen LogP contribution in [0.3, 0.4) is 0 Å². The highest BCUT2D eigenvalue weighted by Gasteiger charge is 2.51. The Bertz CT molecular complexity index is 622. The third kappa shape index (κ3) is 1.74.